The largest absolute Gasteiger partial charge is 0.491 e. The summed E-state index contributed by atoms with van der Waals surface area (Å²) in [5.41, 5.74) is 1.42. The van der Waals surface area contributed by atoms with E-state index >= 15 is 0 Å². The Labute approximate surface area is 179 Å². The molecule has 0 heterocycles. The molecule has 2 rings (SSSR count). The third kappa shape index (κ3) is 8.24. The van der Waals surface area contributed by atoms with Crippen molar-refractivity contribution in [3.05, 3.63) is 65.7 Å². The van der Waals surface area contributed by atoms with Crippen LogP contribution in [-0.2, 0) is 0 Å². The van der Waals surface area contributed by atoms with Gasteiger partial charge in [-0.3, -0.25) is 4.79 Å². The first-order valence-electron chi connectivity index (χ1n) is 10.5. The van der Waals surface area contributed by atoms with Crippen molar-refractivity contribution in [1.82, 2.24) is 10.6 Å². The number of carbonyl (C=O) groups excluding carboxylic acids is 1. The lowest BCUT2D eigenvalue weighted by atomic mass is 10.0. The Hall–Kier alpha value is -2.25. The first kappa shape index (κ1) is 24.0. The molecule has 0 aliphatic carbocycles. The fourth-order valence-electron chi connectivity index (χ4n) is 2.99. The number of rotatable bonds is 13. The molecule has 6 nitrogen and oxygen atoms in total. The molecule has 0 bridgehead atoms. The molecule has 6 heteroatoms. The topological polar surface area (TPSA) is 90.8 Å². The molecule has 0 aromatic heterocycles. The third-order valence-corrected chi connectivity index (χ3v) is 4.79. The van der Waals surface area contributed by atoms with Crippen LogP contribution in [0, 0.1) is 0 Å². The molecular formula is C24H34N2O4. The minimum atomic E-state index is -0.630. The molecule has 0 saturated carbocycles. The minimum Gasteiger partial charge on any atom is -0.491 e. The number of hydrogen-bond acceptors (Lipinski definition) is 6. The van der Waals surface area contributed by atoms with Crippen LogP contribution < -0.4 is 15.4 Å². The zero-order valence-corrected chi connectivity index (χ0v) is 18.0. The molecule has 0 radical (unpaired) electrons. The second-order valence-electron chi connectivity index (χ2n) is 7.83. The van der Waals surface area contributed by atoms with Crippen molar-refractivity contribution in [2.45, 2.75) is 51.5 Å². The lowest BCUT2D eigenvalue weighted by molar-refractivity contribution is 0.0969. The monoisotopic (exact) mass is 414 g/mol. The number of ketones is 1. The number of ether oxygens (including phenoxy) is 1. The van der Waals surface area contributed by atoms with Crippen LogP contribution in [0.4, 0.5) is 0 Å². The van der Waals surface area contributed by atoms with Crippen molar-refractivity contribution in [3.63, 3.8) is 0 Å². The minimum absolute atomic E-state index is 0.00336. The molecule has 0 spiro atoms. The van der Waals surface area contributed by atoms with Gasteiger partial charge in [0.15, 0.2) is 5.78 Å². The van der Waals surface area contributed by atoms with Gasteiger partial charge in [-0.25, -0.2) is 0 Å². The molecule has 0 saturated heterocycles. The van der Waals surface area contributed by atoms with E-state index in [-0.39, 0.29) is 18.4 Å². The number of nitrogens with one attached hydrogen (secondary N) is 2. The predicted molar refractivity (Wildman–Crippen MR) is 119 cm³/mol. The lowest BCUT2D eigenvalue weighted by Crippen LogP contribution is -2.35. The van der Waals surface area contributed by atoms with E-state index < -0.39 is 12.2 Å². The van der Waals surface area contributed by atoms with Gasteiger partial charge in [-0.05, 0) is 24.6 Å². The average molecular weight is 415 g/mol. The van der Waals surface area contributed by atoms with Gasteiger partial charge in [0, 0.05) is 37.2 Å². The van der Waals surface area contributed by atoms with Crippen LogP contribution in [0.5, 0.6) is 5.75 Å². The van der Waals surface area contributed by atoms with Gasteiger partial charge >= 0.3 is 0 Å². The molecule has 0 amide bonds. The summed E-state index contributed by atoms with van der Waals surface area (Å²) in [6.45, 7) is 7.01. The number of aliphatic hydroxyl groups excluding tert-OH is 2. The van der Waals surface area contributed by atoms with Gasteiger partial charge < -0.3 is 25.6 Å². The van der Waals surface area contributed by atoms with E-state index in [1.54, 1.807) is 24.3 Å². The van der Waals surface area contributed by atoms with Crippen LogP contribution in [-0.4, -0.2) is 53.9 Å². The van der Waals surface area contributed by atoms with Crippen LogP contribution >= 0.6 is 0 Å². The Morgan fingerprint density at radius 1 is 1.00 bits per heavy atom. The second-order valence-corrected chi connectivity index (χ2v) is 7.83. The quantitative estimate of drug-likeness (QED) is 0.377. The Bertz CT molecular complexity index is 767. The molecule has 0 aliphatic heterocycles. The molecule has 30 heavy (non-hydrogen) atoms. The van der Waals surface area contributed by atoms with Crippen molar-refractivity contribution < 1.29 is 19.7 Å². The van der Waals surface area contributed by atoms with E-state index in [2.05, 4.69) is 10.6 Å². The summed E-state index contributed by atoms with van der Waals surface area (Å²) in [5.74, 6) is 0.557. The van der Waals surface area contributed by atoms with E-state index in [9.17, 15) is 15.0 Å². The first-order valence-corrected chi connectivity index (χ1v) is 10.5. The SMILES string of the molecule is CC(C)NCC(O)COc1cccc(C(=O)CCNC(C)C(O)c2ccccc2)c1. The van der Waals surface area contributed by atoms with Crippen molar-refractivity contribution >= 4 is 5.78 Å². The zero-order valence-electron chi connectivity index (χ0n) is 18.0. The van der Waals surface area contributed by atoms with Gasteiger partial charge in [0.2, 0.25) is 0 Å². The number of carbonyl (C=O) groups is 1. The number of benzene rings is 2. The highest BCUT2D eigenvalue weighted by atomic mass is 16.5. The Balaban J connectivity index is 1.78. The molecule has 3 atom stereocenters. The van der Waals surface area contributed by atoms with Crippen LogP contribution in [0.25, 0.3) is 0 Å². The van der Waals surface area contributed by atoms with E-state index in [1.165, 1.54) is 0 Å². The van der Waals surface area contributed by atoms with Gasteiger partial charge in [-0.1, -0.05) is 56.3 Å². The zero-order chi connectivity index (χ0) is 21.9. The molecule has 2 aromatic carbocycles. The van der Waals surface area contributed by atoms with Crippen LogP contribution in [0.2, 0.25) is 0 Å². The van der Waals surface area contributed by atoms with Gasteiger partial charge in [0.05, 0.1) is 6.10 Å². The number of aliphatic hydroxyl groups is 2. The summed E-state index contributed by atoms with van der Waals surface area (Å²) in [4.78, 5) is 12.5. The maximum absolute atomic E-state index is 12.5. The Morgan fingerprint density at radius 2 is 1.73 bits per heavy atom. The molecule has 4 N–H and O–H groups in total. The molecule has 3 unspecified atom stereocenters. The summed E-state index contributed by atoms with van der Waals surface area (Å²) in [5, 5.41) is 26.7. The highest BCUT2D eigenvalue weighted by Gasteiger charge is 2.16. The van der Waals surface area contributed by atoms with Crippen molar-refractivity contribution in [2.24, 2.45) is 0 Å². The van der Waals surface area contributed by atoms with Crippen molar-refractivity contribution in [2.75, 3.05) is 19.7 Å². The highest BCUT2D eigenvalue weighted by Crippen LogP contribution is 2.17. The van der Waals surface area contributed by atoms with Gasteiger partial charge in [0.1, 0.15) is 18.5 Å². The average Bonchev–Trinajstić information content (AvgIpc) is 2.76. The molecule has 0 fully saturated rings. The Morgan fingerprint density at radius 3 is 2.43 bits per heavy atom. The summed E-state index contributed by atoms with van der Waals surface area (Å²) in [6.07, 6.45) is -0.931. The smallest absolute Gasteiger partial charge is 0.164 e. The van der Waals surface area contributed by atoms with Crippen LogP contribution in [0.15, 0.2) is 54.6 Å². The lowest BCUT2D eigenvalue weighted by Gasteiger charge is -2.20. The molecular weight excluding hydrogens is 380 g/mol. The van der Waals surface area contributed by atoms with Crippen LogP contribution in [0.1, 0.15) is 49.2 Å². The molecule has 0 aliphatic rings. The fourth-order valence-corrected chi connectivity index (χ4v) is 2.99. The fraction of sp³-hybridized carbons (Fsp3) is 0.458. The van der Waals surface area contributed by atoms with Gasteiger partial charge in [-0.15, -0.1) is 0 Å². The third-order valence-electron chi connectivity index (χ3n) is 4.79. The van der Waals surface area contributed by atoms with Crippen molar-refractivity contribution in [1.29, 1.82) is 0 Å². The number of Topliss-reactive ketones (excluding diaryl/α,β-unsaturated/α-hetero) is 1. The maximum Gasteiger partial charge on any atom is 0.164 e. The van der Waals surface area contributed by atoms with E-state index in [0.29, 0.717) is 36.9 Å². The Kier molecular flexibility index (Phi) is 9.97. The molecule has 2 aromatic rings. The van der Waals surface area contributed by atoms with E-state index in [1.807, 2.05) is 51.1 Å². The summed E-state index contributed by atoms with van der Waals surface area (Å²) >= 11 is 0. The first-order chi connectivity index (χ1) is 14.4. The van der Waals surface area contributed by atoms with Gasteiger partial charge in [-0.2, -0.15) is 0 Å². The van der Waals surface area contributed by atoms with E-state index in [0.717, 1.165) is 5.56 Å². The van der Waals surface area contributed by atoms with Crippen LogP contribution in [0.3, 0.4) is 0 Å². The maximum atomic E-state index is 12.5. The van der Waals surface area contributed by atoms with E-state index in [4.69, 9.17) is 4.74 Å². The van der Waals surface area contributed by atoms with Gasteiger partial charge in [0.25, 0.3) is 0 Å². The summed E-state index contributed by atoms with van der Waals surface area (Å²) in [7, 11) is 0. The standard InChI is InChI=1S/C24H34N2O4/c1-17(2)26-15-21(27)16-30-22-11-7-10-20(14-22)23(28)12-13-25-18(3)24(29)19-8-5-4-6-9-19/h4-11,14,17-18,21,24-27,29H,12-13,15-16H2,1-3H3. The highest BCUT2D eigenvalue weighted by molar-refractivity contribution is 5.96. The summed E-state index contributed by atoms with van der Waals surface area (Å²) < 4.78 is 5.62. The second kappa shape index (κ2) is 12.4. The normalized spacial score (nSPS) is 14.3. The summed E-state index contributed by atoms with van der Waals surface area (Å²) in [6, 6.07) is 16.6. The molecule has 164 valence electrons. The number of hydrogen-bond donors (Lipinski definition) is 4. The predicted octanol–water partition coefficient (Wildman–Crippen LogP) is 2.71. The van der Waals surface area contributed by atoms with Crippen molar-refractivity contribution in [3.8, 4) is 5.75 Å².